The Kier molecular flexibility index (Phi) is 4.31. The Balaban J connectivity index is 3.18. The van der Waals surface area contributed by atoms with Crippen LogP contribution in [0.25, 0.3) is 6.08 Å². The van der Waals surface area contributed by atoms with E-state index in [-0.39, 0.29) is 0 Å². The first-order valence-corrected chi connectivity index (χ1v) is 9.04. The van der Waals surface area contributed by atoms with Crippen LogP contribution in [0.5, 0.6) is 0 Å². The van der Waals surface area contributed by atoms with Gasteiger partial charge in [0.15, 0.2) is 23.3 Å². The number of allylic oxidation sites excluding steroid dienone is 1. The Morgan fingerprint density at radius 1 is 0.778 bits per heavy atom. The second-order valence-corrected chi connectivity index (χ2v) is 10.7. The van der Waals surface area contributed by atoms with Crippen molar-refractivity contribution < 1.29 is 22.0 Å². The van der Waals surface area contributed by atoms with E-state index in [0.29, 0.717) is 6.04 Å². The third kappa shape index (κ3) is 3.19. The monoisotopic (exact) mass is 280 g/mol. The minimum Gasteiger partial charge on any atom is -0.203 e. The zero-order chi connectivity index (χ0) is 14.1. The van der Waals surface area contributed by atoms with E-state index in [1.54, 1.807) is 0 Å². The third-order valence-corrected chi connectivity index (χ3v) is 3.72. The van der Waals surface area contributed by atoms with Gasteiger partial charge in [-0.1, -0.05) is 31.8 Å². The summed E-state index contributed by atoms with van der Waals surface area (Å²) in [6.07, 6.45) is 2.40. The van der Waals surface area contributed by atoms with E-state index in [2.05, 4.69) is 0 Å². The highest BCUT2D eigenvalue weighted by atomic mass is 28.3. The van der Waals surface area contributed by atoms with Crippen molar-refractivity contribution in [2.24, 2.45) is 0 Å². The van der Waals surface area contributed by atoms with E-state index in [4.69, 9.17) is 0 Å². The topological polar surface area (TPSA) is 0 Å². The van der Waals surface area contributed by atoms with Crippen LogP contribution in [0.2, 0.25) is 25.7 Å². The van der Waals surface area contributed by atoms with Gasteiger partial charge in [-0.3, -0.25) is 0 Å². The number of hydrogen-bond donors (Lipinski definition) is 0. The summed E-state index contributed by atoms with van der Waals surface area (Å²) in [6, 6.07) is 0.590. The largest absolute Gasteiger partial charge is 0.203 e. The summed E-state index contributed by atoms with van der Waals surface area (Å²) in [5, 5.41) is 0. The molecule has 0 spiro atoms. The number of benzene rings is 1. The lowest BCUT2D eigenvalue weighted by molar-refractivity contribution is 0.377. The summed E-state index contributed by atoms with van der Waals surface area (Å²) >= 11 is 0. The Morgan fingerprint density at radius 3 is 1.56 bits per heavy atom. The zero-order valence-electron chi connectivity index (χ0n) is 10.3. The van der Waals surface area contributed by atoms with Crippen molar-refractivity contribution in [1.29, 1.82) is 0 Å². The van der Waals surface area contributed by atoms with E-state index >= 15 is 0 Å². The molecule has 18 heavy (non-hydrogen) atoms. The average molecular weight is 280 g/mol. The molecule has 0 aliphatic carbocycles. The lowest BCUT2D eigenvalue weighted by Crippen LogP contribution is -2.17. The fourth-order valence-electron chi connectivity index (χ4n) is 1.30. The quantitative estimate of drug-likeness (QED) is 0.325. The molecule has 1 aromatic carbocycles. The van der Waals surface area contributed by atoms with Crippen molar-refractivity contribution in [3.8, 4) is 0 Å². The van der Waals surface area contributed by atoms with Gasteiger partial charge in [0.05, 0.1) is 5.56 Å². The molecule has 6 heteroatoms. The molecule has 0 radical (unpaired) electrons. The fraction of sp³-hybridized carbons (Fsp3) is 0.333. The van der Waals surface area contributed by atoms with Gasteiger partial charge in [0.2, 0.25) is 5.82 Å². The minimum atomic E-state index is -2.13. The molecule has 0 unspecified atom stereocenters. The van der Waals surface area contributed by atoms with Crippen LogP contribution in [0.1, 0.15) is 5.56 Å². The van der Waals surface area contributed by atoms with Crippen LogP contribution in [0, 0.1) is 29.1 Å². The highest BCUT2D eigenvalue weighted by Gasteiger charge is 2.24. The summed E-state index contributed by atoms with van der Waals surface area (Å²) in [7, 11) is -1.48. The van der Waals surface area contributed by atoms with Gasteiger partial charge < -0.3 is 0 Å². The van der Waals surface area contributed by atoms with Crippen LogP contribution in [0.3, 0.4) is 0 Å². The molecule has 0 saturated heterocycles. The zero-order valence-corrected chi connectivity index (χ0v) is 11.3. The molecule has 0 saturated carbocycles. The number of hydrogen-bond acceptors (Lipinski definition) is 0. The molecule has 100 valence electrons. The van der Waals surface area contributed by atoms with Crippen molar-refractivity contribution in [3.05, 3.63) is 40.7 Å². The molecule has 0 atom stereocenters. The lowest BCUT2D eigenvalue weighted by Gasteiger charge is -2.11. The fourth-order valence-corrected chi connectivity index (χ4v) is 2.12. The first-order chi connectivity index (χ1) is 8.15. The second kappa shape index (κ2) is 5.22. The van der Waals surface area contributed by atoms with Crippen LogP contribution in [0.4, 0.5) is 22.0 Å². The van der Waals surface area contributed by atoms with Gasteiger partial charge in [-0.2, -0.15) is 0 Å². The Labute approximate surface area is 103 Å². The molecule has 0 aliphatic heterocycles. The summed E-state index contributed by atoms with van der Waals surface area (Å²) in [4.78, 5) is 0. The minimum absolute atomic E-state index is 0.590. The van der Waals surface area contributed by atoms with Crippen molar-refractivity contribution in [2.45, 2.75) is 25.7 Å². The number of halogens is 5. The van der Waals surface area contributed by atoms with Crippen LogP contribution in [-0.4, -0.2) is 8.07 Å². The molecule has 0 aromatic heterocycles. The van der Waals surface area contributed by atoms with Crippen molar-refractivity contribution in [1.82, 2.24) is 0 Å². The van der Waals surface area contributed by atoms with E-state index in [9.17, 15) is 22.0 Å². The summed E-state index contributed by atoms with van der Waals surface area (Å²) < 4.78 is 65.0. The van der Waals surface area contributed by atoms with Crippen molar-refractivity contribution >= 4 is 14.1 Å². The summed E-state index contributed by atoms with van der Waals surface area (Å²) in [5.74, 6) is -9.55. The summed E-state index contributed by atoms with van der Waals surface area (Å²) in [5.41, 5.74) is -0.885. The van der Waals surface area contributed by atoms with Crippen LogP contribution < -0.4 is 0 Å². The molecule has 0 nitrogen and oxygen atoms in total. The lowest BCUT2D eigenvalue weighted by atomic mass is 10.1. The average Bonchev–Trinajstić information content (AvgIpc) is 2.27. The Hall–Kier alpha value is -1.17. The van der Waals surface area contributed by atoms with Crippen molar-refractivity contribution in [2.75, 3.05) is 0 Å². The number of rotatable bonds is 3. The molecule has 1 aromatic rings. The molecule has 1 rings (SSSR count). The first-order valence-electron chi connectivity index (χ1n) is 5.33. The van der Waals surface area contributed by atoms with E-state index in [1.807, 2.05) is 19.6 Å². The Morgan fingerprint density at radius 2 is 1.17 bits per heavy atom. The maximum atomic E-state index is 13.3. The maximum absolute atomic E-state index is 13.3. The normalized spacial score (nSPS) is 12.4. The van der Waals surface area contributed by atoms with Gasteiger partial charge in [-0.05, 0) is 6.04 Å². The first kappa shape index (κ1) is 14.9. The third-order valence-electron chi connectivity index (χ3n) is 2.26. The summed E-state index contributed by atoms with van der Waals surface area (Å²) in [6.45, 7) is 6.07. The predicted molar refractivity (Wildman–Crippen MR) is 63.4 cm³/mol. The Bertz CT molecular complexity index is 459. The molecule has 0 N–H and O–H groups in total. The van der Waals surface area contributed by atoms with Crippen LogP contribution in [0.15, 0.2) is 6.08 Å². The highest BCUT2D eigenvalue weighted by Crippen LogP contribution is 2.24. The van der Waals surface area contributed by atoms with Crippen LogP contribution >= 0.6 is 0 Å². The molecule has 0 heterocycles. The van der Waals surface area contributed by atoms with E-state index in [0.717, 1.165) is 6.08 Å². The maximum Gasteiger partial charge on any atom is 0.200 e. The van der Waals surface area contributed by atoms with Gasteiger partial charge in [0.1, 0.15) is 0 Å². The predicted octanol–water partition coefficient (Wildman–Crippen LogP) is 4.73. The molecule has 0 aliphatic rings. The van der Waals surface area contributed by atoms with E-state index in [1.165, 1.54) is 6.08 Å². The van der Waals surface area contributed by atoms with Gasteiger partial charge in [0.25, 0.3) is 0 Å². The molecule has 0 bridgehead atoms. The van der Waals surface area contributed by atoms with E-state index < -0.39 is 42.7 Å². The molecule has 0 amide bonds. The standard InChI is InChI=1S/C12H13F5Si/c1-18(2,3)6-4-5-7-8(13)10(15)12(17)11(16)9(7)14/h4-5H,6H2,1-3H3/b5-4+. The van der Waals surface area contributed by atoms with Gasteiger partial charge in [0, 0.05) is 8.07 Å². The van der Waals surface area contributed by atoms with Crippen molar-refractivity contribution in [3.63, 3.8) is 0 Å². The van der Waals surface area contributed by atoms with Gasteiger partial charge in [-0.15, -0.1) is 0 Å². The molecular formula is C12H13F5Si. The molecular weight excluding hydrogens is 267 g/mol. The second-order valence-electron chi connectivity index (χ2n) is 5.15. The SMILES string of the molecule is C[Si](C)(C)C/C=C/c1c(F)c(F)c(F)c(F)c1F. The smallest absolute Gasteiger partial charge is 0.200 e. The van der Waals surface area contributed by atoms with Gasteiger partial charge in [-0.25, -0.2) is 22.0 Å². The van der Waals surface area contributed by atoms with Gasteiger partial charge >= 0.3 is 0 Å². The molecule has 0 fully saturated rings. The van der Waals surface area contributed by atoms with Crippen LogP contribution in [-0.2, 0) is 0 Å². The highest BCUT2D eigenvalue weighted by molar-refractivity contribution is 6.76.